The Morgan fingerprint density at radius 3 is 2.33 bits per heavy atom. The van der Waals surface area contributed by atoms with E-state index < -0.39 is 0 Å². The van der Waals surface area contributed by atoms with Gasteiger partial charge in [0.25, 0.3) is 0 Å². The largest absolute Gasteiger partial charge is 0.369 e. The summed E-state index contributed by atoms with van der Waals surface area (Å²) in [5, 5.41) is 3.33. The minimum atomic E-state index is -0.250. The number of carbonyl (C=O) groups is 1. The topological polar surface area (TPSA) is 58.4 Å². The van der Waals surface area contributed by atoms with Gasteiger partial charge in [-0.2, -0.15) is 0 Å². The molecular weight excluding hydrogens is 190 g/mol. The average molecular weight is 215 g/mol. The van der Waals surface area contributed by atoms with Crippen LogP contribution in [0.1, 0.15) is 27.7 Å². The van der Waals surface area contributed by atoms with Crippen molar-refractivity contribution in [2.24, 2.45) is 11.7 Å². The summed E-state index contributed by atoms with van der Waals surface area (Å²) in [6.07, 6.45) is 0. The molecule has 0 saturated carbocycles. The van der Waals surface area contributed by atoms with Crippen LogP contribution in [0.3, 0.4) is 0 Å². The molecule has 0 atom stereocenters. The molecule has 0 heterocycles. The average Bonchev–Trinajstić information content (AvgIpc) is 2.00. The van der Waals surface area contributed by atoms with E-state index in [4.69, 9.17) is 5.73 Å². The highest BCUT2D eigenvalue weighted by Crippen LogP contribution is 1.97. The number of hydrogen-bond donors (Lipinski definition) is 2. The molecule has 4 heteroatoms. The van der Waals surface area contributed by atoms with E-state index in [2.05, 4.69) is 37.9 Å². The van der Waals surface area contributed by atoms with E-state index in [1.165, 1.54) is 0 Å². The van der Waals surface area contributed by atoms with Crippen molar-refractivity contribution in [3.8, 4) is 0 Å². The lowest BCUT2D eigenvalue weighted by Crippen LogP contribution is -2.41. The van der Waals surface area contributed by atoms with Gasteiger partial charge < -0.3 is 11.1 Å². The number of nitrogens with two attached hydrogens (primary N) is 1. The van der Waals surface area contributed by atoms with Crippen LogP contribution in [0, 0.1) is 5.92 Å². The molecule has 90 valence electrons. The monoisotopic (exact) mass is 215 g/mol. The van der Waals surface area contributed by atoms with Crippen LogP contribution in [0.25, 0.3) is 0 Å². The van der Waals surface area contributed by atoms with Crippen LogP contribution in [0.15, 0.2) is 0 Å². The highest BCUT2D eigenvalue weighted by atomic mass is 16.1. The molecule has 0 aliphatic rings. The van der Waals surface area contributed by atoms with Crippen LogP contribution in [0.4, 0.5) is 0 Å². The van der Waals surface area contributed by atoms with Gasteiger partial charge in [-0.25, -0.2) is 0 Å². The summed E-state index contributed by atoms with van der Waals surface area (Å²) < 4.78 is 0. The number of amides is 1. The Hall–Kier alpha value is -0.610. The minimum Gasteiger partial charge on any atom is -0.369 e. The molecule has 0 unspecified atom stereocenters. The van der Waals surface area contributed by atoms with E-state index in [1.807, 2.05) is 0 Å². The smallest absolute Gasteiger partial charge is 0.231 e. The van der Waals surface area contributed by atoms with Gasteiger partial charge in [0.1, 0.15) is 0 Å². The van der Waals surface area contributed by atoms with E-state index in [9.17, 15) is 4.79 Å². The minimum absolute atomic E-state index is 0.250. The maximum Gasteiger partial charge on any atom is 0.231 e. The first kappa shape index (κ1) is 14.4. The van der Waals surface area contributed by atoms with Crippen molar-refractivity contribution in [2.45, 2.75) is 33.7 Å². The molecule has 0 rings (SSSR count). The van der Waals surface area contributed by atoms with E-state index >= 15 is 0 Å². The highest BCUT2D eigenvalue weighted by Gasteiger charge is 2.09. The van der Waals surface area contributed by atoms with Crippen molar-refractivity contribution >= 4 is 5.91 Å². The summed E-state index contributed by atoms with van der Waals surface area (Å²) in [5.74, 6) is 0.309. The molecule has 0 aliphatic carbocycles. The predicted molar refractivity (Wildman–Crippen MR) is 63.6 cm³/mol. The molecule has 0 aromatic rings. The zero-order chi connectivity index (χ0) is 11.8. The summed E-state index contributed by atoms with van der Waals surface area (Å²) in [7, 11) is 0. The zero-order valence-electron chi connectivity index (χ0n) is 10.4. The van der Waals surface area contributed by atoms with Gasteiger partial charge in [-0.15, -0.1) is 0 Å². The maximum absolute atomic E-state index is 10.8. The van der Waals surface area contributed by atoms with Crippen LogP contribution in [0.2, 0.25) is 0 Å². The standard InChI is InChI=1S/C11H25N3O/c1-9(2)7-14(8-11(12)15)6-5-13-10(3)4/h9-10,13H,5-8H2,1-4H3,(H2,12,15). The Kier molecular flexibility index (Phi) is 7.34. The fraction of sp³-hybridized carbons (Fsp3) is 0.909. The first-order chi connectivity index (χ1) is 6.91. The molecule has 0 radical (unpaired) electrons. The number of hydrogen-bond acceptors (Lipinski definition) is 3. The lowest BCUT2D eigenvalue weighted by molar-refractivity contribution is -0.119. The summed E-state index contributed by atoms with van der Waals surface area (Å²) in [4.78, 5) is 12.9. The first-order valence-corrected chi connectivity index (χ1v) is 5.65. The van der Waals surface area contributed by atoms with Crippen LogP contribution >= 0.6 is 0 Å². The van der Waals surface area contributed by atoms with Gasteiger partial charge in [0.2, 0.25) is 5.91 Å². The predicted octanol–water partition coefficient (Wildman–Crippen LogP) is 0.428. The van der Waals surface area contributed by atoms with Crippen LogP contribution < -0.4 is 11.1 Å². The normalized spacial score (nSPS) is 11.7. The van der Waals surface area contributed by atoms with Crippen molar-refractivity contribution in [2.75, 3.05) is 26.2 Å². The summed E-state index contributed by atoms with van der Waals surface area (Å²) >= 11 is 0. The lowest BCUT2D eigenvalue weighted by atomic mass is 10.2. The molecule has 0 aliphatic heterocycles. The second kappa shape index (κ2) is 7.65. The van der Waals surface area contributed by atoms with Crippen LogP contribution in [-0.2, 0) is 4.79 Å². The van der Waals surface area contributed by atoms with Crippen molar-refractivity contribution in [1.29, 1.82) is 0 Å². The van der Waals surface area contributed by atoms with Crippen molar-refractivity contribution in [3.05, 3.63) is 0 Å². The third kappa shape index (κ3) is 9.69. The number of nitrogens with one attached hydrogen (secondary N) is 1. The molecule has 0 aromatic heterocycles. The lowest BCUT2D eigenvalue weighted by Gasteiger charge is -2.23. The SMILES string of the molecule is CC(C)CN(CCNC(C)C)CC(N)=O. The van der Waals surface area contributed by atoms with Crippen molar-refractivity contribution in [3.63, 3.8) is 0 Å². The van der Waals surface area contributed by atoms with Gasteiger partial charge in [-0.1, -0.05) is 27.7 Å². The molecule has 0 aromatic carbocycles. The summed E-state index contributed by atoms with van der Waals surface area (Å²) in [5.41, 5.74) is 5.20. The van der Waals surface area contributed by atoms with Crippen molar-refractivity contribution < 1.29 is 4.79 Å². The molecule has 0 fully saturated rings. The second-order valence-electron chi connectivity index (χ2n) is 4.70. The van der Waals surface area contributed by atoms with E-state index in [0.717, 1.165) is 19.6 Å². The number of rotatable bonds is 8. The fourth-order valence-electron chi connectivity index (χ4n) is 1.48. The maximum atomic E-state index is 10.8. The molecule has 1 amide bonds. The van der Waals surface area contributed by atoms with Gasteiger partial charge >= 0.3 is 0 Å². The Morgan fingerprint density at radius 2 is 1.93 bits per heavy atom. The zero-order valence-corrected chi connectivity index (χ0v) is 10.4. The first-order valence-electron chi connectivity index (χ1n) is 5.65. The molecule has 3 N–H and O–H groups in total. The van der Waals surface area contributed by atoms with E-state index in [-0.39, 0.29) is 5.91 Å². The summed E-state index contributed by atoms with van der Waals surface area (Å²) in [6.45, 7) is 11.6. The molecule has 4 nitrogen and oxygen atoms in total. The second-order valence-corrected chi connectivity index (χ2v) is 4.70. The highest BCUT2D eigenvalue weighted by molar-refractivity contribution is 5.75. The summed E-state index contributed by atoms with van der Waals surface area (Å²) in [6, 6.07) is 0.486. The Bertz CT molecular complexity index is 181. The quantitative estimate of drug-likeness (QED) is 0.617. The van der Waals surface area contributed by atoms with Crippen molar-refractivity contribution in [1.82, 2.24) is 10.2 Å². The van der Waals surface area contributed by atoms with Gasteiger partial charge in [0.15, 0.2) is 0 Å². The van der Waals surface area contributed by atoms with Gasteiger partial charge in [0, 0.05) is 25.7 Å². The Morgan fingerprint density at radius 1 is 1.33 bits per heavy atom. The van der Waals surface area contributed by atoms with Gasteiger partial charge in [-0.05, 0) is 5.92 Å². The number of primary amides is 1. The van der Waals surface area contributed by atoms with Gasteiger partial charge in [-0.3, -0.25) is 9.69 Å². The third-order valence-corrected chi connectivity index (χ3v) is 1.98. The molecule has 0 bridgehead atoms. The number of carbonyl (C=O) groups excluding carboxylic acids is 1. The Balaban J connectivity index is 3.84. The van der Waals surface area contributed by atoms with Crippen LogP contribution in [-0.4, -0.2) is 43.0 Å². The molecule has 15 heavy (non-hydrogen) atoms. The van der Waals surface area contributed by atoms with E-state index in [1.54, 1.807) is 0 Å². The number of nitrogens with zero attached hydrogens (tertiary/aromatic N) is 1. The third-order valence-electron chi connectivity index (χ3n) is 1.98. The van der Waals surface area contributed by atoms with Gasteiger partial charge in [0.05, 0.1) is 6.54 Å². The molecular formula is C11H25N3O. The molecule has 0 saturated heterocycles. The van der Waals surface area contributed by atoms with E-state index in [0.29, 0.717) is 18.5 Å². The molecule has 0 spiro atoms. The van der Waals surface area contributed by atoms with Crippen LogP contribution in [0.5, 0.6) is 0 Å². The fourth-order valence-corrected chi connectivity index (χ4v) is 1.48. The Labute approximate surface area is 93.2 Å².